The first-order valence-corrected chi connectivity index (χ1v) is 3.83. The zero-order chi connectivity index (χ0) is 9.30. The van der Waals surface area contributed by atoms with Gasteiger partial charge in [-0.15, -0.1) is 0 Å². The molecule has 1 rings (SSSR count). The van der Waals surface area contributed by atoms with Crippen molar-refractivity contribution >= 4 is 12.0 Å². The minimum Gasteiger partial charge on any atom is -0.481 e. The molecule has 2 atom stereocenters. The van der Waals surface area contributed by atoms with E-state index in [0.717, 1.165) is 0 Å². The van der Waals surface area contributed by atoms with E-state index < -0.39 is 17.9 Å². The summed E-state index contributed by atoms with van der Waals surface area (Å²) in [7, 11) is 0. The van der Waals surface area contributed by atoms with E-state index in [2.05, 4.69) is 0 Å². The Morgan fingerprint density at radius 2 is 2.17 bits per heavy atom. The molecule has 0 aromatic heterocycles. The molecule has 12 heavy (non-hydrogen) atoms. The number of urea groups is 1. The van der Waals surface area contributed by atoms with Gasteiger partial charge in [0, 0.05) is 12.6 Å². The summed E-state index contributed by atoms with van der Waals surface area (Å²) >= 11 is 0. The van der Waals surface area contributed by atoms with Gasteiger partial charge in [0.2, 0.25) is 0 Å². The zero-order valence-corrected chi connectivity index (χ0v) is 6.86. The molecule has 3 N–H and O–H groups in total. The van der Waals surface area contributed by atoms with Crippen molar-refractivity contribution in [3.05, 3.63) is 0 Å². The van der Waals surface area contributed by atoms with Gasteiger partial charge in [-0.3, -0.25) is 4.79 Å². The van der Waals surface area contributed by atoms with Crippen LogP contribution in [0.1, 0.15) is 13.3 Å². The second-order valence-electron chi connectivity index (χ2n) is 3.01. The number of likely N-dealkylation sites (tertiary alicyclic amines) is 1. The van der Waals surface area contributed by atoms with E-state index in [9.17, 15) is 9.59 Å². The van der Waals surface area contributed by atoms with Crippen LogP contribution in [0.5, 0.6) is 0 Å². The van der Waals surface area contributed by atoms with Crippen molar-refractivity contribution in [3.8, 4) is 0 Å². The summed E-state index contributed by atoms with van der Waals surface area (Å²) in [5.41, 5.74) is 5.04. The van der Waals surface area contributed by atoms with Crippen molar-refractivity contribution in [1.82, 2.24) is 4.90 Å². The molecule has 0 spiro atoms. The Morgan fingerprint density at radius 3 is 2.42 bits per heavy atom. The highest BCUT2D eigenvalue weighted by molar-refractivity contribution is 5.76. The molecule has 1 aliphatic rings. The molecule has 0 saturated carbocycles. The van der Waals surface area contributed by atoms with Crippen LogP contribution in [0.15, 0.2) is 0 Å². The SMILES string of the molecule is CC1C(C(=O)O)CCN1C(N)=O. The summed E-state index contributed by atoms with van der Waals surface area (Å²) < 4.78 is 0. The van der Waals surface area contributed by atoms with Crippen molar-refractivity contribution in [2.45, 2.75) is 19.4 Å². The van der Waals surface area contributed by atoms with Gasteiger partial charge in [-0.2, -0.15) is 0 Å². The van der Waals surface area contributed by atoms with Crippen LogP contribution < -0.4 is 5.73 Å². The molecule has 1 saturated heterocycles. The van der Waals surface area contributed by atoms with Crippen LogP contribution in [0, 0.1) is 5.92 Å². The maximum Gasteiger partial charge on any atom is 0.315 e. The summed E-state index contributed by atoms with van der Waals surface area (Å²) in [4.78, 5) is 22.7. The van der Waals surface area contributed by atoms with Gasteiger partial charge in [0.05, 0.1) is 5.92 Å². The fourth-order valence-corrected chi connectivity index (χ4v) is 1.58. The molecule has 1 aliphatic heterocycles. The minimum absolute atomic E-state index is 0.278. The van der Waals surface area contributed by atoms with E-state index in [1.54, 1.807) is 6.92 Å². The van der Waals surface area contributed by atoms with Gasteiger partial charge in [0.25, 0.3) is 0 Å². The van der Waals surface area contributed by atoms with E-state index in [0.29, 0.717) is 13.0 Å². The highest BCUT2D eigenvalue weighted by Gasteiger charge is 2.37. The van der Waals surface area contributed by atoms with E-state index in [1.165, 1.54) is 4.90 Å². The maximum absolute atomic E-state index is 10.7. The third-order valence-corrected chi connectivity index (χ3v) is 2.36. The quantitative estimate of drug-likeness (QED) is 0.577. The number of primary amides is 1. The number of carboxylic acid groups (broad SMARTS) is 1. The second kappa shape index (κ2) is 3.00. The number of hydrogen-bond acceptors (Lipinski definition) is 2. The molecule has 2 amide bonds. The van der Waals surface area contributed by atoms with Gasteiger partial charge in [-0.05, 0) is 13.3 Å². The standard InChI is InChI=1S/C7H12N2O3/c1-4-5(6(10)11)2-3-9(4)7(8)12/h4-5H,2-3H2,1H3,(H2,8,12)(H,10,11). The first-order valence-electron chi connectivity index (χ1n) is 3.83. The van der Waals surface area contributed by atoms with Crippen molar-refractivity contribution in [2.24, 2.45) is 11.7 Å². The molecule has 5 heteroatoms. The highest BCUT2D eigenvalue weighted by Crippen LogP contribution is 2.23. The summed E-state index contributed by atoms with van der Waals surface area (Å²) in [6.45, 7) is 2.16. The summed E-state index contributed by atoms with van der Waals surface area (Å²) in [6.07, 6.45) is 0.499. The van der Waals surface area contributed by atoms with Crippen molar-refractivity contribution in [2.75, 3.05) is 6.54 Å². The Bertz CT molecular complexity index is 195. The third-order valence-electron chi connectivity index (χ3n) is 2.36. The van der Waals surface area contributed by atoms with Crippen LogP contribution >= 0.6 is 0 Å². The van der Waals surface area contributed by atoms with Crippen molar-refractivity contribution in [1.29, 1.82) is 0 Å². The molecule has 5 nitrogen and oxygen atoms in total. The molecule has 0 radical (unpaired) electrons. The first-order chi connectivity index (χ1) is 5.54. The van der Waals surface area contributed by atoms with Crippen molar-refractivity contribution < 1.29 is 14.7 Å². The molecule has 0 bridgehead atoms. The Morgan fingerprint density at radius 1 is 1.58 bits per heavy atom. The second-order valence-corrected chi connectivity index (χ2v) is 3.01. The highest BCUT2D eigenvalue weighted by atomic mass is 16.4. The summed E-state index contributed by atoms with van der Waals surface area (Å²) in [5.74, 6) is -1.32. The lowest BCUT2D eigenvalue weighted by Crippen LogP contribution is -2.40. The molecule has 1 fully saturated rings. The van der Waals surface area contributed by atoms with Crippen LogP contribution in [-0.2, 0) is 4.79 Å². The third kappa shape index (κ3) is 1.34. The largest absolute Gasteiger partial charge is 0.481 e. The van der Waals surface area contributed by atoms with E-state index in [4.69, 9.17) is 10.8 Å². The molecule has 1 heterocycles. The van der Waals surface area contributed by atoms with Crippen LogP contribution in [0.25, 0.3) is 0 Å². The van der Waals surface area contributed by atoms with Gasteiger partial charge in [0.15, 0.2) is 0 Å². The number of rotatable bonds is 1. The Kier molecular flexibility index (Phi) is 2.21. The predicted octanol–water partition coefficient (Wildman–Crippen LogP) is -0.140. The smallest absolute Gasteiger partial charge is 0.315 e. The fourth-order valence-electron chi connectivity index (χ4n) is 1.58. The van der Waals surface area contributed by atoms with Crippen molar-refractivity contribution in [3.63, 3.8) is 0 Å². The molecule has 68 valence electrons. The average molecular weight is 172 g/mol. The predicted molar refractivity (Wildman–Crippen MR) is 41.5 cm³/mol. The number of nitrogens with zero attached hydrogens (tertiary/aromatic N) is 1. The number of hydrogen-bond donors (Lipinski definition) is 2. The Hall–Kier alpha value is -1.26. The number of carbonyl (C=O) groups excluding carboxylic acids is 1. The maximum atomic E-state index is 10.7. The molecule has 0 aromatic rings. The van der Waals surface area contributed by atoms with Gasteiger partial charge in [-0.25, -0.2) is 4.79 Å². The van der Waals surface area contributed by atoms with Gasteiger partial charge in [0.1, 0.15) is 0 Å². The lowest BCUT2D eigenvalue weighted by Gasteiger charge is -2.20. The number of aliphatic carboxylic acids is 1. The average Bonchev–Trinajstić information content (AvgIpc) is 2.30. The number of amides is 2. The van der Waals surface area contributed by atoms with Gasteiger partial charge in [-0.1, -0.05) is 0 Å². The number of nitrogens with two attached hydrogens (primary N) is 1. The van der Waals surface area contributed by atoms with Crippen LogP contribution in [0.4, 0.5) is 4.79 Å². The lowest BCUT2D eigenvalue weighted by molar-refractivity contribution is -0.142. The molecular formula is C7H12N2O3. The monoisotopic (exact) mass is 172 g/mol. The molecule has 0 aromatic carbocycles. The summed E-state index contributed by atoms with van der Waals surface area (Å²) in [6, 6.07) is -0.814. The van der Waals surface area contributed by atoms with Crippen LogP contribution in [0.2, 0.25) is 0 Å². The van der Waals surface area contributed by atoms with Crippen LogP contribution in [0.3, 0.4) is 0 Å². The fraction of sp³-hybridized carbons (Fsp3) is 0.714. The van der Waals surface area contributed by atoms with E-state index in [1.807, 2.05) is 0 Å². The summed E-state index contributed by atoms with van der Waals surface area (Å²) in [5, 5.41) is 8.70. The Labute approximate surface area is 70.1 Å². The Balaban J connectivity index is 2.67. The van der Waals surface area contributed by atoms with Gasteiger partial charge >= 0.3 is 12.0 Å². The topological polar surface area (TPSA) is 83.6 Å². The first kappa shape index (κ1) is 8.83. The van der Waals surface area contributed by atoms with Gasteiger partial charge < -0.3 is 15.7 Å². The molecule has 0 aliphatic carbocycles. The zero-order valence-electron chi connectivity index (χ0n) is 6.86. The normalized spacial score (nSPS) is 28.9. The molecule has 2 unspecified atom stereocenters. The number of carbonyl (C=O) groups is 2. The van der Waals surface area contributed by atoms with E-state index >= 15 is 0 Å². The number of carboxylic acids is 1. The minimum atomic E-state index is -0.855. The van der Waals surface area contributed by atoms with E-state index in [-0.39, 0.29) is 6.04 Å². The van der Waals surface area contributed by atoms with Crippen LogP contribution in [-0.4, -0.2) is 34.6 Å². The molecular weight excluding hydrogens is 160 g/mol. The lowest BCUT2D eigenvalue weighted by atomic mass is 10.0.